The van der Waals surface area contributed by atoms with E-state index < -0.39 is 28.4 Å². The third-order valence-corrected chi connectivity index (χ3v) is 8.33. The molecule has 1 aliphatic heterocycles. The number of piperidine rings is 1. The van der Waals surface area contributed by atoms with Gasteiger partial charge in [0.15, 0.2) is 0 Å². The second-order valence-electron chi connectivity index (χ2n) is 8.25. The largest absolute Gasteiger partial charge is 0.598 e. The van der Waals surface area contributed by atoms with Crippen LogP contribution in [0, 0.1) is 12.3 Å². The predicted octanol–water partition coefficient (Wildman–Crippen LogP) is 3.25. The molecular formula is C17H27N3O3S2. The number of fused-ring (bicyclic) bond motifs is 1. The maximum Gasteiger partial charge on any atom is 0.408 e. The lowest BCUT2D eigenvalue weighted by atomic mass is 9.70. The first-order valence-electron chi connectivity index (χ1n) is 8.67. The van der Waals surface area contributed by atoms with Crippen molar-refractivity contribution in [2.75, 3.05) is 6.54 Å². The Morgan fingerprint density at radius 2 is 2.20 bits per heavy atom. The van der Waals surface area contributed by atoms with E-state index in [2.05, 4.69) is 16.6 Å². The van der Waals surface area contributed by atoms with Gasteiger partial charge in [-0.05, 0) is 58.3 Å². The third kappa shape index (κ3) is 3.41. The fraction of sp³-hybridized carbons (Fsp3) is 0.765. The highest BCUT2D eigenvalue weighted by Gasteiger charge is 2.52. The molecule has 3 unspecified atom stereocenters. The van der Waals surface area contributed by atoms with Crippen LogP contribution in [0.3, 0.4) is 0 Å². The van der Waals surface area contributed by atoms with Crippen LogP contribution in [0.4, 0.5) is 4.79 Å². The van der Waals surface area contributed by atoms with Crippen molar-refractivity contribution in [1.82, 2.24) is 14.6 Å². The number of nitrogens with one attached hydrogen (secondary N) is 1. The molecule has 8 heteroatoms. The smallest absolute Gasteiger partial charge is 0.408 e. The van der Waals surface area contributed by atoms with E-state index in [1.807, 2.05) is 27.7 Å². The van der Waals surface area contributed by atoms with Crippen molar-refractivity contribution in [3.63, 3.8) is 0 Å². The molecule has 3 rings (SSSR count). The van der Waals surface area contributed by atoms with E-state index in [0.717, 1.165) is 17.8 Å². The molecule has 140 valence electrons. The molecule has 1 fully saturated rings. The average Bonchev–Trinajstić information content (AvgIpc) is 2.95. The van der Waals surface area contributed by atoms with Gasteiger partial charge in [-0.2, -0.15) is 0 Å². The summed E-state index contributed by atoms with van der Waals surface area (Å²) in [5.41, 5.74) is 1.18. The van der Waals surface area contributed by atoms with Gasteiger partial charge in [-0.15, -0.1) is 16.1 Å². The molecule has 1 spiro atoms. The minimum atomic E-state index is -1.31. The molecule has 0 radical (unpaired) electrons. The Morgan fingerprint density at radius 3 is 2.76 bits per heavy atom. The molecule has 6 nitrogen and oxygen atoms in total. The van der Waals surface area contributed by atoms with E-state index in [-0.39, 0.29) is 5.41 Å². The lowest BCUT2D eigenvalue weighted by Crippen LogP contribution is -2.59. The summed E-state index contributed by atoms with van der Waals surface area (Å²) in [5.74, 6) is 0.358. The van der Waals surface area contributed by atoms with E-state index in [9.17, 15) is 14.5 Å². The highest BCUT2D eigenvalue weighted by molar-refractivity contribution is 7.90. The molecule has 1 saturated heterocycles. The number of aromatic nitrogens is 1. The van der Waals surface area contributed by atoms with Gasteiger partial charge in [-0.1, -0.05) is 6.92 Å². The van der Waals surface area contributed by atoms with Crippen LogP contribution in [0.1, 0.15) is 62.0 Å². The Labute approximate surface area is 156 Å². The standard InChI is InChI=1S/C17H27N3O3S2/c1-10-14-12(18-11(2)24-14)8-17(10)6-7-20(15(21)22)13(9-17)19-25(23)16(3,4)5/h10,13,19H,6-9H2,1-5H3,(H,21,22)/t10?,13-,17?,25?/m1/s1. The van der Waals surface area contributed by atoms with Crippen molar-refractivity contribution in [3.05, 3.63) is 15.6 Å². The van der Waals surface area contributed by atoms with Crippen LogP contribution in [0.25, 0.3) is 0 Å². The van der Waals surface area contributed by atoms with Gasteiger partial charge in [-0.3, -0.25) is 4.90 Å². The molecule has 1 aromatic heterocycles. The Bertz CT molecular complexity index is 673. The van der Waals surface area contributed by atoms with Gasteiger partial charge < -0.3 is 9.66 Å². The molecule has 1 aliphatic carbocycles. The lowest BCUT2D eigenvalue weighted by molar-refractivity contribution is 0.0380. The first kappa shape index (κ1) is 18.9. The summed E-state index contributed by atoms with van der Waals surface area (Å²) in [6.45, 7) is 10.4. The molecule has 4 atom stereocenters. The topological polar surface area (TPSA) is 88.5 Å². The summed E-state index contributed by atoms with van der Waals surface area (Å²) in [6.07, 6.45) is 1.01. The van der Waals surface area contributed by atoms with E-state index in [1.54, 1.807) is 11.3 Å². The van der Waals surface area contributed by atoms with E-state index >= 15 is 0 Å². The van der Waals surface area contributed by atoms with Gasteiger partial charge >= 0.3 is 6.09 Å². The number of carbonyl (C=O) groups is 1. The van der Waals surface area contributed by atoms with Crippen molar-refractivity contribution < 1.29 is 14.5 Å². The zero-order valence-corrected chi connectivity index (χ0v) is 17.1. The van der Waals surface area contributed by atoms with Gasteiger partial charge in [0.05, 0.1) is 10.7 Å². The van der Waals surface area contributed by atoms with Crippen LogP contribution < -0.4 is 4.72 Å². The first-order chi connectivity index (χ1) is 11.5. The maximum absolute atomic E-state index is 12.6. The monoisotopic (exact) mass is 385 g/mol. The molecule has 0 saturated carbocycles. The zero-order chi connectivity index (χ0) is 18.6. The molecule has 2 N–H and O–H groups in total. The molecule has 1 amide bonds. The maximum atomic E-state index is 12.6. The van der Waals surface area contributed by atoms with Gasteiger partial charge in [0, 0.05) is 22.8 Å². The number of aryl methyl sites for hydroxylation is 1. The van der Waals surface area contributed by atoms with Crippen molar-refractivity contribution in [1.29, 1.82) is 0 Å². The van der Waals surface area contributed by atoms with Crippen molar-refractivity contribution in [2.45, 2.75) is 70.7 Å². The number of rotatable bonds is 2. The number of carboxylic acid groups (broad SMARTS) is 1. The zero-order valence-electron chi connectivity index (χ0n) is 15.5. The van der Waals surface area contributed by atoms with Crippen molar-refractivity contribution in [3.8, 4) is 0 Å². The van der Waals surface area contributed by atoms with Crippen molar-refractivity contribution in [2.24, 2.45) is 5.41 Å². The summed E-state index contributed by atoms with van der Waals surface area (Å²) >= 11 is 0.445. The number of amides is 1. The quantitative estimate of drug-likeness (QED) is 0.763. The van der Waals surface area contributed by atoms with Crippen LogP contribution in [0.15, 0.2) is 0 Å². The second-order valence-corrected chi connectivity index (χ2v) is 11.5. The fourth-order valence-corrected chi connectivity index (χ4v) is 5.95. The summed E-state index contributed by atoms with van der Waals surface area (Å²) in [4.78, 5) is 19.1. The molecule has 2 heterocycles. The normalized spacial score (nSPS) is 30.6. The highest BCUT2D eigenvalue weighted by atomic mass is 32.2. The Hall–Kier alpha value is -0.830. The van der Waals surface area contributed by atoms with Crippen LogP contribution in [-0.4, -0.2) is 43.1 Å². The van der Waals surface area contributed by atoms with E-state index in [4.69, 9.17) is 0 Å². The molecule has 25 heavy (non-hydrogen) atoms. The molecule has 0 bridgehead atoms. The second kappa shape index (κ2) is 6.40. The summed E-state index contributed by atoms with van der Waals surface area (Å²) < 4.78 is 15.2. The van der Waals surface area contributed by atoms with Crippen LogP contribution >= 0.6 is 11.3 Å². The van der Waals surface area contributed by atoms with Crippen molar-refractivity contribution >= 4 is 28.8 Å². The summed E-state index contributed by atoms with van der Waals surface area (Å²) in [5, 5.41) is 10.7. The fourth-order valence-electron chi connectivity index (χ4n) is 4.00. The Kier molecular flexibility index (Phi) is 4.85. The molecule has 0 aromatic carbocycles. The Balaban J connectivity index is 1.83. The minimum Gasteiger partial charge on any atom is -0.598 e. The van der Waals surface area contributed by atoms with Crippen LogP contribution in [0.5, 0.6) is 0 Å². The van der Waals surface area contributed by atoms with E-state index in [0.29, 0.717) is 18.9 Å². The lowest BCUT2D eigenvalue weighted by Gasteiger charge is -2.46. The SMILES string of the molecule is Cc1nc2c(s1)C(C)C1(CCN(C(=O)O)[C@@H](N[S+]([O-])C(C)(C)C)C1)C2. The molecule has 2 aliphatic rings. The average molecular weight is 386 g/mol. The third-order valence-electron chi connectivity index (χ3n) is 5.54. The van der Waals surface area contributed by atoms with E-state index in [1.165, 1.54) is 15.5 Å². The van der Waals surface area contributed by atoms with Gasteiger partial charge in [0.1, 0.15) is 10.9 Å². The first-order valence-corrected chi connectivity index (χ1v) is 10.6. The molecular weight excluding hydrogens is 358 g/mol. The molecule has 1 aromatic rings. The van der Waals surface area contributed by atoms with Gasteiger partial charge in [-0.25, -0.2) is 9.78 Å². The number of likely N-dealkylation sites (tertiary alicyclic amines) is 1. The van der Waals surface area contributed by atoms with Gasteiger partial charge in [0.2, 0.25) is 0 Å². The summed E-state index contributed by atoms with van der Waals surface area (Å²) in [6, 6.07) is 0. The Morgan fingerprint density at radius 1 is 1.52 bits per heavy atom. The van der Waals surface area contributed by atoms with Gasteiger partial charge in [0.25, 0.3) is 0 Å². The minimum absolute atomic E-state index is 0.00751. The van der Waals surface area contributed by atoms with Crippen LogP contribution in [0.2, 0.25) is 0 Å². The van der Waals surface area contributed by atoms with Crippen LogP contribution in [-0.2, 0) is 17.8 Å². The number of nitrogens with zero attached hydrogens (tertiary/aromatic N) is 2. The number of thiazole rings is 1. The predicted molar refractivity (Wildman–Crippen MR) is 100 cm³/mol. The summed E-state index contributed by atoms with van der Waals surface area (Å²) in [7, 11) is 0. The number of hydrogen-bond acceptors (Lipinski definition) is 5. The highest BCUT2D eigenvalue weighted by Crippen LogP contribution is 2.55. The number of hydrogen-bond donors (Lipinski definition) is 2.